The second kappa shape index (κ2) is 6.83. The second-order valence-corrected chi connectivity index (χ2v) is 6.17. The third-order valence-electron chi connectivity index (χ3n) is 3.29. The molecule has 3 nitrogen and oxygen atoms in total. The normalized spacial score (nSPS) is 18.4. The van der Waals surface area contributed by atoms with Gasteiger partial charge in [0, 0.05) is 35.2 Å². The van der Waals surface area contributed by atoms with E-state index in [0.717, 1.165) is 34.7 Å². The first-order valence-corrected chi connectivity index (χ1v) is 7.96. The van der Waals surface area contributed by atoms with Crippen molar-refractivity contribution in [3.8, 4) is 11.8 Å². The molecule has 0 bridgehead atoms. The number of benzene rings is 1. The van der Waals surface area contributed by atoms with E-state index in [-0.39, 0.29) is 5.91 Å². The third-order valence-corrected chi connectivity index (χ3v) is 4.48. The Hall–Kier alpha value is -1.44. The Morgan fingerprint density at radius 3 is 3.00 bits per heavy atom. The molecule has 1 aromatic carbocycles. The number of carbonyl (C=O) groups excluding carboxylic acids is 1. The number of aryl methyl sites for hydroxylation is 1. The number of nitrogens with zero attached hydrogens (tertiary/aromatic N) is 1. The molecule has 4 heteroatoms. The molecule has 2 rings (SSSR count). The molecule has 106 valence electrons. The largest absolute Gasteiger partial charge is 0.334 e. The van der Waals surface area contributed by atoms with Crippen molar-refractivity contribution in [3.63, 3.8) is 0 Å². The maximum Gasteiger partial charge on any atom is 0.254 e. The van der Waals surface area contributed by atoms with Crippen molar-refractivity contribution < 1.29 is 4.79 Å². The predicted octanol–water partition coefficient (Wildman–Crippen LogP) is 1.88. The summed E-state index contributed by atoms with van der Waals surface area (Å²) in [5.74, 6) is 7.98. The second-order valence-electron chi connectivity index (χ2n) is 5.02. The van der Waals surface area contributed by atoms with Crippen LogP contribution in [0.4, 0.5) is 0 Å². The Kier molecular flexibility index (Phi) is 5.11. The summed E-state index contributed by atoms with van der Waals surface area (Å²) < 4.78 is 0. The lowest BCUT2D eigenvalue weighted by molar-refractivity contribution is 0.0716. The van der Waals surface area contributed by atoms with Crippen molar-refractivity contribution >= 4 is 17.7 Å². The topological polar surface area (TPSA) is 46.3 Å². The number of rotatable bonds is 1. The first-order valence-electron chi connectivity index (χ1n) is 6.81. The van der Waals surface area contributed by atoms with Gasteiger partial charge in [0.2, 0.25) is 0 Å². The molecule has 1 aliphatic rings. The van der Waals surface area contributed by atoms with Gasteiger partial charge < -0.3 is 10.6 Å². The highest BCUT2D eigenvalue weighted by Crippen LogP contribution is 2.19. The van der Waals surface area contributed by atoms with Crippen LogP contribution >= 0.6 is 11.8 Å². The van der Waals surface area contributed by atoms with Crippen LogP contribution in [-0.2, 0) is 0 Å². The van der Waals surface area contributed by atoms with E-state index in [1.165, 1.54) is 0 Å². The Balaban J connectivity index is 2.27. The number of thioether (sulfide) groups is 1. The Morgan fingerprint density at radius 1 is 1.50 bits per heavy atom. The molecule has 0 saturated carbocycles. The molecule has 1 heterocycles. The van der Waals surface area contributed by atoms with Gasteiger partial charge >= 0.3 is 0 Å². The van der Waals surface area contributed by atoms with E-state index >= 15 is 0 Å². The Morgan fingerprint density at radius 2 is 2.30 bits per heavy atom. The van der Waals surface area contributed by atoms with E-state index in [4.69, 9.17) is 5.73 Å². The lowest BCUT2D eigenvalue weighted by atomic mass is 10.0. The van der Waals surface area contributed by atoms with Gasteiger partial charge in [-0.15, -0.1) is 0 Å². The van der Waals surface area contributed by atoms with Gasteiger partial charge in [-0.05, 0) is 37.6 Å². The van der Waals surface area contributed by atoms with Crippen LogP contribution in [0, 0.1) is 18.8 Å². The van der Waals surface area contributed by atoms with Crippen LogP contribution in [0.1, 0.15) is 28.4 Å². The van der Waals surface area contributed by atoms with Crippen LogP contribution in [0.5, 0.6) is 0 Å². The SMILES string of the molecule is Cc1cc(C#CCN)cc(C(=O)N2CCSCC2C)c1. The standard InChI is InChI=1S/C16H20N2OS/c1-12-8-14(4-3-5-17)10-15(9-12)16(19)18-6-7-20-11-13(18)2/h8-10,13H,5-7,11,17H2,1-2H3. The summed E-state index contributed by atoms with van der Waals surface area (Å²) in [4.78, 5) is 14.6. The monoisotopic (exact) mass is 288 g/mol. The number of carbonyl (C=O) groups is 1. The van der Waals surface area contributed by atoms with Crippen molar-refractivity contribution in [2.75, 3.05) is 24.6 Å². The average molecular weight is 288 g/mol. The first kappa shape index (κ1) is 15.0. The molecular weight excluding hydrogens is 268 g/mol. The molecule has 20 heavy (non-hydrogen) atoms. The van der Waals surface area contributed by atoms with E-state index < -0.39 is 0 Å². The fourth-order valence-electron chi connectivity index (χ4n) is 2.33. The van der Waals surface area contributed by atoms with E-state index in [1.54, 1.807) is 0 Å². The highest BCUT2D eigenvalue weighted by molar-refractivity contribution is 7.99. The molecule has 1 saturated heterocycles. The zero-order valence-electron chi connectivity index (χ0n) is 12.0. The summed E-state index contributed by atoms with van der Waals surface area (Å²) in [5, 5.41) is 0. The van der Waals surface area contributed by atoms with Gasteiger partial charge in [0.1, 0.15) is 0 Å². The zero-order chi connectivity index (χ0) is 14.5. The summed E-state index contributed by atoms with van der Waals surface area (Å²) in [6.07, 6.45) is 0. The van der Waals surface area contributed by atoms with Crippen molar-refractivity contribution in [3.05, 3.63) is 34.9 Å². The summed E-state index contributed by atoms with van der Waals surface area (Å²) in [6, 6.07) is 6.08. The van der Waals surface area contributed by atoms with Crippen molar-refractivity contribution in [2.24, 2.45) is 5.73 Å². The summed E-state index contributed by atoms with van der Waals surface area (Å²) >= 11 is 1.91. The molecule has 1 atom stereocenters. The van der Waals surface area contributed by atoms with Gasteiger partial charge in [0.05, 0.1) is 6.54 Å². The summed E-state index contributed by atoms with van der Waals surface area (Å²) in [7, 11) is 0. The molecule has 1 aliphatic heterocycles. The molecule has 1 aromatic rings. The van der Waals surface area contributed by atoms with Crippen LogP contribution in [0.2, 0.25) is 0 Å². The van der Waals surface area contributed by atoms with Gasteiger partial charge in [-0.2, -0.15) is 11.8 Å². The number of hydrogen-bond donors (Lipinski definition) is 1. The van der Waals surface area contributed by atoms with E-state index in [1.807, 2.05) is 41.8 Å². The lowest BCUT2D eigenvalue weighted by Crippen LogP contribution is -2.44. The van der Waals surface area contributed by atoms with E-state index in [9.17, 15) is 4.79 Å². The fourth-order valence-corrected chi connectivity index (χ4v) is 3.34. The van der Waals surface area contributed by atoms with E-state index in [0.29, 0.717) is 12.6 Å². The van der Waals surface area contributed by atoms with E-state index in [2.05, 4.69) is 18.8 Å². The van der Waals surface area contributed by atoms with Gasteiger partial charge in [-0.3, -0.25) is 4.79 Å². The highest BCUT2D eigenvalue weighted by atomic mass is 32.2. The Bertz CT molecular complexity index is 559. The molecule has 1 unspecified atom stereocenters. The molecule has 1 fully saturated rings. The summed E-state index contributed by atoms with van der Waals surface area (Å²) in [5.41, 5.74) is 8.03. The van der Waals surface area contributed by atoms with Gasteiger partial charge in [-0.25, -0.2) is 0 Å². The molecule has 1 amide bonds. The van der Waals surface area contributed by atoms with Crippen LogP contribution in [0.15, 0.2) is 18.2 Å². The fraction of sp³-hybridized carbons (Fsp3) is 0.438. The average Bonchev–Trinajstić information content (AvgIpc) is 2.44. The minimum Gasteiger partial charge on any atom is -0.334 e. The van der Waals surface area contributed by atoms with Gasteiger partial charge in [0.15, 0.2) is 0 Å². The molecule has 0 aliphatic carbocycles. The minimum atomic E-state index is 0.109. The smallest absolute Gasteiger partial charge is 0.254 e. The van der Waals surface area contributed by atoms with Crippen LogP contribution in [0.3, 0.4) is 0 Å². The molecule has 0 spiro atoms. The predicted molar refractivity (Wildman–Crippen MR) is 84.9 cm³/mol. The highest BCUT2D eigenvalue weighted by Gasteiger charge is 2.24. The molecule has 0 radical (unpaired) electrons. The maximum atomic E-state index is 12.6. The van der Waals surface area contributed by atoms with Gasteiger partial charge in [-0.1, -0.05) is 11.8 Å². The van der Waals surface area contributed by atoms with Crippen LogP contribution < -0.4 is 5.73 Å². The zero-order valence-corrected chi connectivity index (χ0v) is 12.8. The van der Waals surface area contributed by atoms with Crippen molar-refractivity contribution in [2.45, 2.75) is 19.9 Å². The van der Waals surface area contributed by atoms with Crippen molar-refractivity contribution in [1.82, 2.24) is 4.90 Å². The van der Waals surface area contributed by atoms with Crippen LogP contribution in [0.25, 0.3) is 0 Å². The first-order chi connectivity index (χ1) is 9.61. The summed E-state index contributed by atoms with van der Waals surface area (Å²) in [6.45, 7) is 5.24. The molecule has 0 aromatic heterocycles. The molecular formula is C16H20N2OS. The number of amides is 1. The molecule has 2 N–H and O–H groups in total. The minimum absolute atomic E-state index is 0.109. The van der Waals surface area contributed by atoms with Crippen LogP contribution in [-0.4, -0.2) is 41.4 Å². The van der Waals surface area contributed by atoms with Crippen molar-refractivity contribution in [1.29, 1.82) is 0 Å². The quantitative estimate of drug-likeness (QED) is 0.803. The maximum absolute atomic E-state index is 12.6. The lowest BCUT2D eigenvalue weighted by Gasteiger charge is -2.33. The number of hydrogen-bond acceptors (Lipinski definition) is 3. The third kappa shape index (κ3) is 3.56. The Labute approximate surface area is 124 Å². The van der Waals surface area contributed by atoms with Gasteiger partial charge in [0.25, 0.3) is 5.91 Å². The number of nitrogens with two attached hydrogens (primary N) is 1.